The number of aliphatic hydroxyl groups excluding tert-OH is 1. The van der Waals surface area contributed by atoms with E-state index in [1.54, 1.807) is 0 Å². The van der Waals surface area contributed by atoms with Gasteiger partial charge >= 0.3 is 5.90 Å². The number of hydrogen-bond acceptors (Lipinski definition) is 2. The highest BCUT2D eigenvalue weighted by Crippen LogP contribution is 2.06. The van der Waals surface area contributed by atoms with Crippen LogP contribution in [0.2, 0.25) is 0 Å². The number of nitrogens with zero attached hydrogens (tertiary/aromatic N) is 1. The number of ether oxygens (including phenoxy) is 1. The van der Waals surface area contributed by atoms with Crippen LogP contribution in [0, 0.1) is 0 Å². The van der Waals surface area contributed by atoms with Crippen LogP contribution in [0.3, 0.4) is 0 Å². The second-order valence-corrected chi connectivity index (χ2v) is 3.37. The highest BCUT2D eigenvalue weighted by atomic mass is 32.1. The van der Waals surface area contributed by atoms with Crippen molar-refractivity contribution in [2.24, 2.45) is 0 Å². The average Bonchev–Trinajstić information content (AvgIpc) is 2.01. The van der Waals surface area contributed by atoms with Crippen molar-refractivity contribution in [3.63, 3.8) is 0 Å². The molecule has 0 amide bonds. The van der Waals surface area contributed by atoms with Crippen LogP contribution in [0.5, 0.6) is 0 Å². The maximum Gasteiger partial charge on any atom is 0.371 e. The number of thiocarbonyl (C=S) groups is 1. The Bertz CT molecular complexity index is 203. The zero-order chi connectivity index (χ0) is 9.14. The minimum Gasteiger partial charge on any atom is -0.460 e. The molecule has 0 aromatic carbocycles. The molecule has 1 rings (SSSR count). The second-order valence-electron chi connectivity index (χ2n) is 3.14. The SMILES string of the molecule is CC1C[N+](=C(O)C=S)C[C@@H](C)O1. The van der Waals surface area contributed by atoms with Gasteiger partial charge in [0.15, 0.2) is 13.1 Å². The summed E-state index contributed by atoms with van der Waals surface area (Å²) in [6, 6.07) is 0. The van der Waals surface area contributed by atoms with Gasteiger partial charge in [-0.15, -0.1) is 0 Å². The number of rotatable bonds is 1. The molecule has 0 bridgehead atoms. The van der Waals surface area contributed by atoms with Gasteiger partial charge in [0.1, 0.15) is 17.6 Å². The van der Waals surface area contributed by atoms with Crippen molar-refractivity contribution in [1.29, 1.82) is 0 Å². The summed E-state index contributed by atoms with van der Waals surface area (Å²) in [6.45, 7) is 5.39. The Hall–Kier alpha value is -0.480. The molecule has 3 nitrogen and oxygen atoms in total. The minimum atomic E-state index is 0.158. The molecule has 0 aromatic rings. The van der Waals surface area contributed by atoms with Crippen LogP contribution in [-0.2, 0) is 4.74 Å². The van der Waals surface area contributed by atoms with E-state index in [0.29, 0.717) is 13.1 Å². The van der Waals surface area contributed by atoms with Gasteiger partial charge in [-0.25, -0.2) is 0 Å². The van der Waals surface area contributed by atoms with Crippen LogP contribution in [0.15, 0.2) is 0 Å². The lowest BCUT2D eigenvalue weighted by Gasteiger charge is -2.23. The van der Waals surface area contributed by atoms with Crippen LogP contribution in [-0.4, -0.2) is 46.2 Å². The molecule has 1 N–H and O–H groups in total. The Kier molecular flexibility index (Phi) is 3.17. The summed E-state index contributed by atoms with van der Waals surface area (Å²) in [6.07, 6.45) is 0.316. The first-order chi connectivity index (χ1) is 5.63. The highest BCUT2D eigenvalue weighted by molar-refractivity contribution is 7.80. The van der Waals surface area contributed by atoms with Gasteiger partial charge in [-0.1, -0.05) is 12.2 Å². The van der Waals surface area contributed by atoms with E-state index in [2.05, 4.69) is 12.2 Å². The molecule has 0 saturated carbocycles. The largest absolute Gasteiger partial charge is 0.460 e. The van der Waals surface area contributed by atoms with Crippen LogP contribution < -0.4 is 0 Å². The number of hydrogen-bond donors (Lipinski definition) is 1. The molecule has 68 valence electrons. The van der Waals surface area contributed by atoms with Crippen LogP contribution in [0.4, 0.5) is 0 Å². The Labute approximate surface area is 77.7 Å². The second kappa shape index (κ2) is 3.96. The van der Waals surface area contributed by atoms with Crippen LogP contribution in [0.1, 0.15) is 13.8 Å². The van der Waals surface area contributed by atoms with Gasteiger partial charge in [0, 0.05) is 0 Å². The van der Waals surface area contributed by atoms with E-state index in [4.69, 9.17) is 4.74 Å². The van der Waals surface area contributed by atoms with Crippen molar-refractivity contribution in [3.8, 4) is 0 Å². The molecule has 0 spiro atoms. The zero-order valence-corrected chi connectivity index (χ0v) is 8.17. The van der Waals surface area contributed by atoms with E-state index >= 15 is 0 Å². The minimum absolute atomic E-state index is 0.158. The fraction of sp³-hybridized carbons (Fsp3) is 0.750. The maximum absolute atomic E-state index is 9.35. The van der Waals surface area contributed by atoms with Crippen molar-refractivity contribution in [1.82, 2.24) is 0 Å². The first-order valence-electron chi connectivity index (χ1n) is 4.05. The Morgan fingerprint density at radius 2 is 2.00 bits per heavy atom. The van der Waals surface area contributed by atoms with Crippen molar-refractivity contribution in [2.45, 2.75) is 26.1 Å². The molecular formula is C8H14NO2S+. The quantitative estimate of drug-likeness (QED) is 0.374. The van der Waals surface area contributed by atoms with E-state index in [1.807, 2.05) is 18.4 Å². The van der Waals surface area contributed by atoms with Gasteiger partial charge in [-0.2, -0.15) is 4.58 Å². The average molecular weight is 188 g/mol. The smallest absolute Gasteiger partial charge is 0.371 e. The Balaban J connectivity index is 2.73. The molecule has 1 aliphatic rings. The maximum atomic E-state index is 9.35. The highest BCUT2D eigenvalue weighted by Gasteiger charge is 2.26. The van der Waals surface area contributed by atoms with E-state index in [9.17, 15) is 5.11 Å². The topological polar surface area (TPSA) is 32.5 Å². The molecule has 4 heteroatoms. The summed E-state index contributed by atoms with van der Waals surface area (Å²) in [5.41, 5.74) is 0. The molecule has 2 atom stereocenters. The molecule has 1 fully saturated rings. The third-order valence-corrected chi connectivity index (χ3v) is 2.06. The fourth-order valence-electron chi connectivity index (χ4n) is 1.44. The summed E-state index contributed by atoms with van der Waals surface area (Å²) < 4.78 is 7.34. The lowest BCUT2D eigenvalue weighted by Crippen LogP contribution is -2.42. The Morgan fingerprint density at radius 3 is 2.42 bits per heavy atom. The summed E-state index contributed by atoms with van der Waals surface area (Å²) in [5, 5.41) is 10.6. The van der Waals surface area contributed by atoms with Crippen LogP contribution >= 0.6 is 12.2 Å². The Morgan fingerprint density at radius 1 is 1.50 bits per heavy atom. The molecule has 12 heavy (non-hydrogen) atoms. The van der Waals surface area contributed by atoms with Gasteiger partial charge < -0.3 is 9.84 Å². The molecular weight excluding hydrogens is 174 g/mol. The zero-order valence-electron chi connectivity index (χ0n) is 7.36. The van der Waals surface area contributed by atoms with E-state index in [-0.39, 0.29) is 18.1 Å². The predicted molar refractivity (Wildman–Crippen MR) is 51.3 cm³/mol. The lowest BCUT2D eigenvalue weighted by molar-refractivity contribution is -0.571. The van der Waals surface area contributed by atoms with Gasteiger partial charge in [0.25, 0.3) is 0 Å². The van der Waals surface area contributed by atoms with E-state index in [0.717, 1.165) is 0 Å². The summed E-state index contributed by atoms with van der Waals surface area (Å²) in [7, 11) is 0. The first kappa shape index (κ1) is 9.61. The molecule has 0 radical (unpaired) electrons. The van der Waals surface area contributed by atoms with Crippen LogP contribution in [0.25, 0.3) is 0 Å². The van der Waals surface area contributed by atoms with Gasteiger partial charge in [0.05, 0.1) is 0 Å². The van der Waals surface area contributed by atoms with Gasteiger partial charge in [0.2, 0.25) is 0 Å². The summed E-state index contributed by atoms with van der Waals surface area (Å²) >= 11 is 4.64. The number of morpholine rings is 1. The predicted octanol–water partition coefficient (Wildman–Crippen LogP) is 0.762. The molecule has 1 saturated heterocycles. The molecule has 1 aliphatic heterocycles. The fourth-order valence-corrected chi connectivity index (χ4v) is 1.59. The van der Waals surface area contributed by atoms with E-state index in [1.165, 1.54) is 5.37 Å². The molecule has 0 aliphatic carbocycles. The number of aliphatic hydroxyl groups is 1. The molecule has 0 aromatic heterocycles. The standard InChI is InChI=1S/C8H13NO2S/c1-6-3-9(8(10)5-12)4-7(2)11-6/h5-7H,3-4H2,1-2H3/p+1/t6-,7?/m1/s1. The lowest BCUT2D eigenvalue weighted by atomic mass is 10.2. The van der Waals surface area contributed by atoms with Crippen molar-refractivity contribution in [3.05, 3.63) is 0 Å². The third kappa shape index (κ3) is 2.25. The molecule has 1 heterocycles. The monoisotopic (exact) mass is 188 g/mol. The third-order valence-electron chi connectivity index (χ3n) is 1.85. The van der Waals surface area contributed by atoms with Gasteiger partial charge in [-0.05, 0) is 13.8 Å². The summed E-state index contributed by atoms with van der Waals surface area (Å²) in [4.78, 5) is 0. The van der Waals surface area contributed by atoms with Crippen molar-refractivity contribution >= 4 is 23.5 Å². The summed E-state index contributed by atoms with van der Waals surface area (Å²) in [5.74, 6) is 0.173. The normalized spacial score (nSPS) is 34.5. The van der Waals surface area contributed by atoms with Crippen molar-refractivity contribution < 1.29 is 14.4 Å². The van der Waals surface area contributed by atoms with Crippen molar-refractivity contribution in [2.75, 3.05) is 13.1 Å². The van der Waals surface area contributed by atoms with E-state index < -0.39 is 0 Å². The molecule has 1 unspecified atom stereocenters. The van der Waals surface area contributed by atoms with Gasteiger partial charge in [-0.3, -0.25) is 0 Å². The first-order valence-corrected chi connectivity index (χ1v) is 4.52.